The van der Waals surface area contributed by atoms with Crippen LogP contribution in [0.5, 0.6) is 5.75 Å². The molecule has 2 heterocycles. The molecule has 0 bridgehead atoms. The molecular weight excluding hydrogens is 318 g/mol. The van der Waals surface area contributed by atoms with Crippen LogP contribution in [0.25, 0.3) is 0 Å². The molecule has 0 spiro atoms. The fourth-order valence-electron chi connectivity index (χ4n) is 2.58. The van der Waals surface area contributed by atoms with Gasteiger partial charge in [-0.25, -0.2) is 0 Å². The second kappa shape index (κ2) is 5.58. The molecule has 0 saturated carbocycles. The Bertz CT molecular complexity index is 611. The van der Waals surface area contributed by atoms with Crippen LogP contribution in [0.4, 0.5) is 0 Å². The van der Waals surface area contributed by atoms with E-state index in [2.05, 4.69) is 34.1 Å². The van der Waals surface area contributed by atoms with Gasteiger partial charge >= 0.3 is 0 Å². The van der Waals surface area contributed by atoms with Crippen LogP contribution in [0.15, 0.2) is 35.1 Å². The molecule has 2 aromatic rings. The normalized spacial score (nSPS) is 21.4. The summed E-state index contributed by atoms with van der Waals surface area (Å²) in [6.45, 7) is 3.07. The first-order chi connectivity index (χ1) is 9.67. The molecule has 5 heteroatoms. The lowest BCUT2D eigenvalue weighted by molar-refractivity contribution is 0.161. The fourth-order valence-corrected chi connectivity index (χ4v) is 2.96. The molecule has 4 nitrogen and oxygen atoms in total. The van der Waals surface area contributed by atoms with Crippen LogP contribution in [0.2, 0.25) is 0 Å². The second-order valence-corrected chi connectivity index (χ2v) is 6.08. The number of aryl methyl sites for hydroxylation is 1. The Kier molecular flexibility index (Phi) is 3.81. The molecular formula is C15H18BrN3O. The highest BCUT2D eigenvalue weighted by molar-refractivity contribution is 9.10. The van der Waals surface area contributed by atoms with Crippen molar-refractivity contribution in [2.24, 2.45) is 5.73 Å². The zero-order valence-electron chi connectivity index (χ0n) is 11.4. The first kappa shape index (κ1) is 13.6. The van der Waals surface area contributed by atoms with Gasteiger partial charge in [-0.1, -0.05) is 22.9 Å². The van der Waals surface area contributed by atoms with E-state index in [1.54, 1.807) is 0 Å². The third-order valence-electron chi connectivity index (χ3n) is 3.59. The van der Waals surface area contributed by atoms with Crippen molar-refractivity contribution in [3.8, 4) is 5.75 Å². The van der Waals surface area contributed by atoms with E-state index in [1.165, 1.54) is 0 Å². The van der Waals surface area contributed by atoms with Crippen LogP contribution in [0.3, 0.4) is 0 Å². The van der Waals surface area contributed by atoms with Gasteiger partial charge in [-0.2, -0.15) is 5.10 Å². The summed E-state index contributed by atoms with van der Waals surface area (Å²) in [5.41, 5.74) is 8.45. The van der Waals surface area contributed by atoms with Gasteiger partial charge in [0.1, 0.15) is 11.9 Å². The van der Waals surface area contributed by atoms with E-state index in [-0.39, 0.29) is 12.1 Å². The molecule has 20 heavy (non-hydrogen) atoms. The van der Waals surface area contributed by atoms with E-state index in [9.17, 15) is 0 Å². The molecule has 0 aliphatic carbocycles. The van der Waals surface area contributed by atoms with Crippen LogP contribution in [-0.2, 0) is 6.54 Å². The van der Waals surface area contributed by atoms with Crippen molar-refractivity contribution < 1.29 is 4.74 Å². The summed E-state index contributed by atoms with van der Waals surface area (Å²) in [5, 5.41) is 4.36. The lowest BCUT2D eigenvalue weighted by Gasteiger charge is -2.29. The van der Waals surface area contributed by atoms with Gasteiger partial charge < -0.3 is 10.5 Å². The summed E-state index contributed by atoms with van der Waals surface area (Å²) in [7, 11) is 0. The van der Waals surface area contributed by atoms with Gasteiger partial charge in [-0.3, -0.25) is 4.68 Å². The largest absolute Gasteiger partial charge is 0.485 e. The van der Waals surface area contributed by atoms with E-state index in [4.69, 9.17) is 10.5 Å². The SMILES string of the molecule is CCCn1cc(C2C[C@@H](N)c3cc(Br)ccc3O2)cn1. The van der Waals surface area contributed by atoms with Crippen LogP contribution in [0, 0.1) is 0 Å². The van der Waals surface area contributed by atoms with Crippen LogP contribution >= 0.6 is 15.9 Å². The predicted molar refractivity (Wildman–Crippen MR) is 81.6 cm³/mol. The van der Waals surface area contributed by atoms with Crippen molar-refractivity contribution in [3.05, 3.63) is 46.2 Å². The molecule has 1 aliphatic heterocycles. The number of hydrogen-bond acceptors (Lipinski definition) is 3. The van der Waals surface area contributed by atoms with Crippen molar-refractivity contribution in [1.82, 2.24) is 9.78 Å². The lowest BCUT2D eigenvalue weighted by Crippen LogP contribution is -2.23. The van der Waals surface area contributed by atoms with Gasteiger partial charge in [0, 0.05) is 40.8 Å². The zero-order valence-corrected chi connectivity index (χ0v) is 13.0. The van der Waals surface area contributed by atoms with Gasteiger partial charge in [0.25, 0.3) is 0 Å². The van der Waals surface area contributed by atoms with Crippen LogP contribution < -0.4 is 10.5 Å². The summed E-state index contributed by atoms with van der Waals surface area (Å²) < 4.78 is 9.07. The number of aromatic nitrogens is 2. The Morgan fingerprint density at radius 1 is 1.50 bits per heavy atom. The number of nitrogens with two attached hydrogens (primary N) is 1. The van der Waals surface area contributed by atoms with E-state index in [0.717, 1.165) is 40.7 Å². The van der Waals surface area contributed by atoms with Gasteiger partial charge in [0.2, 0.25) is 0 Å². The highest BCUT2D eigenvalue weighted by Gasteiger charge is 2.28. The number of halogens is 1. The zero-order chi connectivity index (χ0) is 14.1. The summed E-state index contributed by atoms with van der Waals surface area (Å²) in [4.78, 5) is 0. The van der Waals surface area contributed by atoms with Crippen LogP contribution in [-0.4, -0.2) is 9.78 Å². The van der Waals surface area contributed by atoms with Crippen molar-refractivity contribution in [2.75, 3.05) is 0 Å². The van der Waals surface area contributed by atoms with Crippen LogP contribution in [0.1, 0.15) is 43.0 Å². The average Bonchev–Trinajstić information content (AvgIpc) is 2.88. The van der Waals surface area contributed by atoms with E-state index in [0.29, 0.717) is 0 Å². The summed E-state index contributed by atoms with van der Waals surface area (Å²) in [6, 6.07) is 5.99. The number of hydrogen-bond donors (Lipinski definition) is 1. The number of ether oxygens (including phenoxy) is 1. The molecule has 0 saturated heterocycles. The fraction of sp³-hybridized carbons (Fsp3) is 0.400. The third kappa shape index (κ3) is 2.60. The maximum Gasteiger partial charge on any atom is 0.129 e. The average molecular weight is 336 g/mol. The molecule has 0 fully saturated rings. The summed E-state index contributed by atoms with van der Waals surface area (Å²) in [5.74, 6) is 0.875. The Morgan fingerprint density at radius 2 is 2.35 bits per heavy atom. The Labute approximate surface area is 127 Å². The maximum absolute atomic E-state index is 6.28. The smallest absolute Gasteiger partial charge is 0.129 e. The first-order valence-corrected chi connectivity index (χ1v) is 7.70. The highest BCUT2D eigenvalue weighted by Crippen LogP contribution is 2.40. The third-order valence-corrected chi connectivity index (χ3v) is 4.08. The van der Waals surface area contributed by atoms with Gasteiger partial charge in [-0.15, -0.1) is 0 Å². The minimum atomic E-state index is -0.00992. The number of nitrogens with zero attached hydrogens (tertiary/aromatic N) is 2. The molecule has 1 aromatic heterocycles. The molecule has 2 N–H and O–H groups in total. The van der Waals surface area contributed by atoms with Gasteiger partial charge in [-0.05, 0) is 24.6 Å². The molecule has 1 aliphatic rings. The highest BCUT2D eigenvalue weighted by atomic mass is 79.9. The summed E-state index contributed by atoms with van der Waals surface area (Å²) in [6.07, 6.45) is 5.79. The molecule has 2 atom stereocenters. The van der Waals surface area contributed by atoms with Crippen molar-refractivity contribution in [2.45, 2.75) is 38.5 Å². The molecule has 1 unspecified atom stereocenters. The maximum atomic E-state index is 6.28. The standard InChI is InChI=1S/C15H18BrN3O/c1-2-5-19-9-10(8-18-19)15-7-13(17)12-6-11(16)3-4-14(12)20-15/h3-4,6,8-9,13,15H,2,5,7,17H2,1H3/t13-,15?/m1/s1. The molecule has 1 aromatic carbocycles. The molecule has 0 radical (unpaired) electrons. The first-order valence-electron chi connectivity index (χ1n) is 6.91. The van der Waals surface area contributed by atoms with E-state index < -0.39 is 0 Å². The minimum Gasteiger partial charge on any atom is -0.485 e. The number of rotatable bonds is 3. The molecule has 0 amide bonds. The Balaban J connectivity index is 1.85. The Morgan fingerprint density at radius 3 is 3.15 bits per heavy atom. The van der Waals surface area contributed by atoms with E-state index in [1.807, 2.05) is 29.1 Å². The Hall–Kier alpha value is -1.33. The molecule has 3 rings (SSSR count). The van der Waals surface area contributed by atoms with E-state index >= 15 is 0 Å². The predicted octanol–water partition coefficient (Wildman–Crippen LogP) is 3.58. The van der Waals surface area contributed by atoms with Crippen molar-refractivity contribution in [1.29, 1.82) is 0 Å². The van der Waals surface area contributed by atoms with Gasteiger partial charge in [0.15, 0.2) is 0 Å². The van der Waals surface area contributed by atoms with Gasteiger partial charge in [0.05, 0.1) is 6.20 Å². The van der Waals surface area contributed by atoms with Crippen molar-refractivity contribution in [3.63, 3.8) is 0 Å². The molecule has 106 valence electrons. The monoisotopic (exact) mass is 335 g/mol. The quantitative estimate of drug-likeness (QED) is 0.932. The second-order valence-electron chi connectivity index (χ2n) is 5.17. The number of benzene rings is 1. The topological polar surface area (TPSA) is 53.1 Å². The minimum absolute atomic E-state index is 0.00391. The van der Waals surface area contributed by atoms with Crippen molar-refractivity contribution >= 4 is 15.9 Å². The lowest BCUT2D eigenvalue weighted by atomic mass is 9.95. The number of fused-ring (bicyclic) bond motifs is 1. The summed E-state index contributed by atoms with van der Waals surface area (Å²) >= 11 is 3.47.